The summed E-state index contributed by atoms with van der Waals surface area (Å²) in [6, 6.07) is 8.08. The average molecular weight is 255 g/mol. The molecule has 0 aliphatic carbocycles. The van der Waals surface area contributed by atoms with Gasteiger partial charge in [-0.1, -0.05) is 19.1 Å². The fraction of sp³-hybridized carbons (Fsp3) is 0.538. The van der Waals surface area contributed by atoms with Crippen molar-refractivity contribution in [2.24, 2.45) is 0 Å². The Morgan fingerprint density at radius 3 is 2.24 bits per heavy atom. The number of anilines is 1. The van der Waals surface area contributed by atoms with Crippen LogP contribution >= 0.6 is 0 Å². The molecular weight excluding hydrogens is 234 g/mol. The maximum Gasteiger partial charge on any atom is 0.154 e. The van der Waals surface area contributed by atoms with E-state index in [9.17, 15) is 8.42 Å². The van der Waals surface area contributed by atoms with Crippen LogP contribution < -0.4 is 5.32 Å². The number of aryl methyl sites for hydroxylation is 1. The van der Waals surface area contributed by atoms with Crippen LogP contribution in [0.5, 0.6) is 0 Å². The zero-order valence-electron chi connectivity index (χ0n) is 10.7. The summed E-state index contributed by atoms with van der Waals surface area (Å²) in [5.41, 5.74) is 2.26. The molecule has 1 aromatic rings. The number of sulfone groups is 1. The lowest BCUT2D eigenvalue weighted by atomic mass is 10.1. The first-order valence-corrected chi connectivity index (χ1v) is 7.71. The van der Waals surface area contributed by atoms with Crippen LogP contribution in [0.25, 0.3) is 0 Å². The van der Waals surface area contributed by atoms with Crippen molar-refractivity contribution in [3.63, 3.8) is 0 Å². The maximum atomic E-state index is 11.6. The highest BCUT2D eigenvalue weighted by Crippen LogP contribution is 2.10. The van der Waals surface area contributed by atoms with E-state index in [1.165, 1.54) is 5.56 Å². The topological polar surface area (TPSA) is 46.2 Å². The summed E-state index contributed by atoms with van der Waals surface area (Å²) in [6.45, 7) is 6.00. The molecule has 0 aromatic heterocycles. The first kappa shape index (κ1) is 14.0. The summed E-state index contributed by atoms with van der Waals surface area (Å²) in [5, 5.41) is 2.83. The molecule has 0 unspecified atom stereocenters. The van der Waals surface area contributed by atoms with Crippen molar-refractivity contribution in [2.45, 2.75) is 32.4 Å². The van der Waals surface area contributed by atoms with Crippen LogP contribution in [0.4, 0.5) is 5.69 Å². The van der Waals surface area contributed by atoms with Crippen molar-refractivity contribution in [3.8, 4) is 0 Å². The van der Waals surface area contributed by atoms with Gasteiger partial charge in [0.15, 0.2) is 9.84 Å². The van der Waals surface area contributed by atoms with E-state index in [2.05, 4.69) is 24.4 Å². The Morgan fingerprint density at radius 2 is 1.76 bits per heavy atom. The molecule has 3 nitrogen and oxygen atoms in total. The summed E-state index contributed by atoms with van der Waals surface area (Å²) in [7, 11) is -2.94. The molecule has 17 heavy (non-hydrogen) atoms. The van der Waals surface area contributed by atoms with Gasteiger partial charge in [0.1, 0.15) is 0 Å². The molecule has 96 valence electrons. The van der Waals surface area contributed by atoms with E-state index >= 15 is 0 Å². The number of benzene rings is 1. The summed E-state index contributed by atoms with van der Waals surface area (Å²) in [5.74, 6) is 0.181. The normalized spacial score (nSPS) is 11.8. The second kappa shape index (κ2) is 6.05. The van der Waals surface area contributed by atoms with Crippen molar-refractivity contribution in [3.05, 3.63) is 29.8 Å². The van der Waals surface area contributed by atoms with Gasteiger partial charge in [0.05, 0.1) is 11.0 Å². The van der Waals surface area contributed by atoms with Crippen LogP contribution in [-0.2, 0) is 16.3 Å². The van der Waals surface area contributed by atoms with Crippen LogP contribution in [0, 0.1) is 0 Å². The van der Waals surface area contributed by atoms with E-state index in [0.29, 0.717) is 6.54 Å². The number of hydrogen-bond acceptors (Lipinski definition) is 3. The van der Waals surface area contributed by atoms with E-state index < -0.39 is 9.84 Å². The van der Waals surface area contributed by atoms with Crippen molar-refractivity contribution in [1.29, 1.82) is 0 Å². The molecule has 0 heterocycles. The van der Waals surface area contributed by atoms with Gasteiger partial charge in [0.25, 0.3) is 0 Å². The zero-order valence-corrected chi connectivity index (χ0v) is 11.5. The minimum absolute atomic E-state index is 0.181. The summed E-state index contributed by atoms with van der Waals surface area (Å²) in [4.78, 5) is 0. The van der Waals surface area contributed by atoms with E-state index in [1.54, 1.807) is 13.8 Å². The molecule has 4 heteroatoms. The molecule has 0 atom stereocenters. The lowest BCUT2D eigenvalue weighted by Crippen LogP contribution is -2.22. The largest absolute Gasteiger partial charge is 0.384 e. The molecule has 1 rings (SSSR count). The van der Waals surface area contributed by atoms with E-state index in [4.69, 9.17) is 0 Å². The molecule has 0 spiro atoms. The third-order valence-electron chi connectivity index (χ3n) is 2.80. The Morgan fingerprint density at radius 1 is 1.18 bits per heavy atom. The number of nitrogens with one attached hydrogen (secondary N) is 1. The number of hydrogen-bond donors (Lipinski definition) is 1. The molecule has 0 saturated carbocycles. The van der Waals surface area contributed by atoms with Gasteiger partial charge in [-0.15, -0.1) is 0 Å². The third kappa shape index (κ3) is 4.38. The second-order valence-corrected chi connectivity index (χ2v) is 7.07. The highest BCUT2D eigenvalue weighted by Gasteiger charge is 2.14. The Balaban J connectivity index is 2.46. The Labute approximate surface area is 104 Å². The fourth-order valence-corrected chi connectivity index (χ4v) is 2.29. The number of rotatable bonds is 6. The molecule has 1 aromatic carbocycles. The summed E-state index contributed by atoms with van der Waals surface area (Å²) in [6.07, 6.45) is 1.02. The van der Waals surface area contributed by atoms with Gasteiger partial charge in [-0.05, 0) is 38.0 Å². The molecule has 0 aliphatic heterocycles. The van der Waals surface area contributed by atoms with Crippen LogP contribution in [0.15, 0.2) is 24.3 Å². The highest BCUT2D eigenvalue weighted by molar-refractivity contribution is 7.92. The maximum absolute atomic E-state index is 11.6. The van der Waals surface area contributed by atoms with Gasteiger partial charge in [-0.25, -0.2) is 8.42 Å². The third-order valence-corrected chi connectivity index (χ3v) is 5.01. The van der Waals surface area contributed by atoms with Gasteiger partial charge in [-0.2, -0.15) is 0 Å². The Bertz CT molecular complexity index is 435. The van der Waals surface area contributed by atoms with E-state index in [-0.39, 0.29) is 11.0 Å². The van der Waals surface area contributed by atoms with Crippen molar-refractivity contribution in [1.82, 2.24) is 0 Å². The average Bonchev–Trinajstić information content (AvgIpc) is 2.29. The fourth-order valence-electron chi connectivity index (χ4n) is 1.43. The molecule has 0 fully saturated rings. The minimum atomic E-state index is -2.94. The molecule has 0 aliphatic rings. The highest BCUT2D eigenvalue weighted by atomic mass is 32.2. The van der Waals surface area contributed by atoms with Crippen molar-refractivity contribution >= 4 is 15.5 Å². The van der Waals surface area contributed by atoms with Gasteiger partial charge in [0, 0.05) is 12.2 Å². The van der Waals surface area contributed by atoms with Gasteiger partial charge in [-0.3, -0.25) is 0 Å². The second-order valence-electron chi connectivity index (χ2n) is 4.39. The quantitative estimate of drug-likeness (QED) is 0.849. The van der Waals surface area contributed by atoms with E-state index in [0.717, 1.165) is 12.1 Å². The van der Waals surface area contributed by atoms with Gasteiger partial charge in [0.2, 0.25) is 0 Å². The summed E-state index contributed by atoms with van der Waals surface area (Å²) < 4.78 is 23.2. The van der Waals surface area contributed by atoms with Crippen molar-refractivity contribution < 1.29 is 8.42 Å². The monoisotopic (exact) mass is 255 g/mol. The first-order chi connectivity index (χ1) is 7.95. The minimum Gasteiger partial charge on any atom is -0.384 e. The lowest BCUT2D eigenvalue weighted by Gasteiger charge is -2.09. The molecule has 0 amide bonds. The summed E-state index contributed by atoms with van der Waals surface area (Å²) >= 11 is 0. The van der Waals surface area contributed by atoms with Crippen LogP contribution in [-0.4, -0.2) is 26.0 Å². The molecule has 0 radical (unpaired) electrons. The molecule has 0 bridgehead atoms. The van der Waals surface area contributed by atoms with Gasteiger partial charge >= 0.3 is 0 Å². The standard InChI is InChI=1S/C13H21NO2S/c1-4-12-5-7-13(8-6-12)14-9-10-17(15,16)11(2)3/h5-8,11,14H,4,9-10H2,1-3H3. The van der Waals surface area contributed by atoms with Crippen LogP contribution in [0.1, 0.15) is 26.3 Å². The predicted molar refractivity (Wildman–Crippen MR) is 73.2 cm³/mol. The smallest absolute Gasteiger partial charge is 0.154 e. The predicted octanol–water partition coefficient (Wildman–Crippen LogP) is 2.48. The Hall–Kier alpha value is -1.03. The van der Waals surface area contributed by atoms with Crippen LogP contribution in [0.3, 0.4) is 0 Å². The first-order valence-electron chi connectivity index (χ1n) is 6.00. The molecule has 1 N–H and O–H groups in total. The van der Waals surface area contributed by atoms with Crippen molar-refractivity contribution in [2.75, 3.05) is 17.6 Å². The van der Waals surface area contributed by atoms with E-state index in [1.807, 2.05) is 12.1 Å². The zero-order chi connectivity index (χ0) is 12.9. The van der Waals surface area contributed by atoms with Crippen LogP contribution in [0.2, 0.25) is 0 Å². The SMILES string of the molecule is CCc1ccc(NCCS(=O)(=O)C(C)C)cc1. The molecule has 0 saturated heterocycles. The van der Waals surface area contributed by atoms with Gasteiger partial charge < -0.3 is 5.32 Å². The lowest BCUT2D eigenvalue weighted by molar-refractivity contribution is 0.588. The Kier molecular flexibility index (Phi) is 5.00. The molecular formula is C13H21NO2S.